The number of hydrogen-bond acceptors (Lipinski definition) is 6. The fourth-order valence-corrected chi connectivity index (χ4v) is 5.50. The van der Waals surface area contributed by atoms with Crippen molar-refractivity contribution in [2.75, 3.05) is 18.8 Å². The molecule has 1 atom stereocenters. The van der Waals surface area contributed by atoms with Crippen LogP contribution in [0.25, 0.3) is 0 Å². The highest BCUT2D eigenvalue weighted by molar-refractivity contribution is 7.99. The van der Waals surface area contributed by atoms with E-state index in [2.05, 4.69) is 10.3 Å². The van der Waals surface area contributed by atoms with E-state index in [1.165, 1.54) is 35.3 Å². The molecule has 1 amide bonds. The maximum atomic E-state index is 12.7. The molecule has 166 valence electrons. The summed E-state index contributed by atoms with van der Waals surface area (Å²) in [7, 11) is -3.52. The molecule has 9 heteroatoms. The van der Waals surface area contributed by atoms with Gasteiger partial charge in [-0.2, -0.15) is 4.31 Å². The van der Waals surface area contributed by atoms with E-state index in [-0.39, 0.29) is 22.3 Å². The van der Waals surface area contributed by atoms with Gasteiger partial charge in [-0.1, -0.05) is 48.5 Å². The number of nitrogens with zero attached hydrogens (tertiary/aromatic N) is 2. The summed E-state index contributed by atoms with van der Waals surface area (Å²) in [6.45, 7) is 2.54. The van der Waals surface area contributed by atoms with Crippen LogP contribution in [0.15, 0.2) is 58.6 Å². The summed E-state index contributed by atoms with van der Waals surface area (Å²) in [4.78, 5) is 28.6. The maximum Gasteiger partial charge on any atom is 0.244 e. The molecule has 1 aromatic carbocycles. The fourth-order valence-electron chi connectivity index (χ4n) is 3.38. The molecule has 2 heterocycles. The Morgan fingerprint density at radius 1 is 1.10 bits per heavy atom. The molecule has 0 aliphatic carbocycles. The van der Waals surface area contributed by atoms with Gasteiger partial charge in [0.05, 0.1) is 16.8 Å². The molecule has 2 aromatic rings. The first-order chi connectivity index (χ1) is 14.9. The van der Waals surface area contributed by atoms with Crippen LogP contribution in [0.2, 0.25) is 0 Å². The lowest BCUT2D eigenvalue weighted by atomic mass is 10.0. The van der Waals surface area contributed by atoms with E-state index in [1.807, 2.05) is 30.3 Å². The first-order valence-corrected chi connectivity index (χ1v) is 12.7. The SMILES string of the molecule is CC(=O)C(Cc1ccccc1)NC(=O)CSc1ccc(S(=O)(=O)N2CCCCC2)cn1. The van der Waals surface area contributed by atoms with Crippen molar-refractivity contribution in [3.63, 3.8) is 0 Å². The van der Waals surface area contributed by atoms with E-state index in [4.69, 9.17) is 0 Å². The van der Waals surface area contributed by atoms with Crippen LogP contribution in [0.3, 0.4) is 0 Å². The van der Waals surface area contributed by atoms with E-state index in [9.17, 15) is 18.0 Å². The molecule has 3 rings (SSSR count). The zero-order valence-electron chi connectivity index (χ0n) is 17.5. The Balaban J connectivity index is 1.54. The number of sulfonamides is 1. The second kappa shape index (κ2) is 10.9. The van der Waals surface area contributed by atoms with E-state index >= 15 is 0 Å². The number of piperidine rings is 1. The minimum Gasteiger partial charge on any atom is -0.345 e. The highest BCUT2D eigenvalue weighted by Gasteiger charge is 2.26. The van der Waals surface area contributed by atoms with Gasteiger partial charge in [0.2, 0.25) is 15.9 Å². The predicted molar refractivity (Wildman–Crippen MR) is 120 cm³/mol. The average Bonchev–Trinajstić information content (AvgIpc) is 2.79. The minimum atomic E-state index is -3.52. The van der Waals surface area contributed by atoms with Crippen LogP contribution in [-0.4, -0.2) is 54.3 Å². The number of amides is 1. The molecule has 0 saturated carbocycles. The van der Waals surface area contributed by atoms with E-state index in [1.54, 1.807) is 6.07 Å². The Bertz CT molecular complexity index is 989. The van der Waals surface area contributed by atoms with E-state index in [0.717, 1.165) is 24.8 Å². The second-order valence-electron chi connectivity index (χ2n) is 7.51. The van der Waals surface area contributed by atoms with Crippen LogP contribution in [0.5, 0.6) is 0 Å². The quantitative estimate of drug-likeness (QED) is 0.577. The van der Waals surface area contributed by atoms with Gasteiger partial charge in [0.25, 0.3) is 0 Å². The van der Waals surface area contributed by atoms with Crippen molar-refractivity contribution >= 4 is 33.5 Å². The van der Waals surface area contributed by atoms with Gasteiger partial charge in [0.15, 0.2) is 5.78 Å². The van der Waals surface area contributed by atoms with Crippen LogP contribution in [0, 0.1) is 0 Å². The number of pyridine rings is 1. The van der Waals surface area contributed by atoms with Gasteiger partial charge < -0.3 is 5.32 Å². The van der Waals surface area contributed by atoms with Crippen LogP contribution in [0.1, 0.15) is 31.7 Å². The van der Waals surface area contributed by atoms with E-state index in [0.29, 0.717) is 24.5 Å². The van der Waals surface area contributed by atoms with Crippen LogP contribution in [-0.2, 0) is 26.0 Å². The summed E-state index contributed by atoms with van der Waals surface area (Å²) < 4.78 is 26.9. The molecule has 1 N–H and O–H groups in total. The number of Topliss-reactive ketones (excluding diaryl/α,β-unsaturated/α-hetero) is 1. The van der Waals surface area contributed by atoms with E-state index < -0.39 is 16.1 Å². The summed E-state index contributed by atoms with van der Waals surface area (Å²) in [5, 5.41) is 3.33. The molecular weight excluding hydrogens is 434 g/mol. The largest absolute Gasteiger partial charge is 0.345 e. The Labute approximate surface area is 187 Å². The molecule has 1 unspecified atom stereocenters. The molecule has 1 fully saturated rings. The van der Waals surface area contributed by atoms with Gasteiger partial charge in [0.1, 0.15) is 4.90 Å². The molecule has 1 aliphatic heterocycles. The Kier molecular flexibility index (Phi) is 8.22. The lowest BCUT2D eigenvalue weighted by Gasteiger charge is -2.25. The number of carbonyl (C=O) groups is 2. The molecule has 1 aliphatic rings. The number of nitrogens with one attached hydrogen (secondary N) is 1. The molecule has 1 saturated heterocycles. The third-order valence-electron chi connectivity index (χ3n) is 5.12. The molecule has 0 radical (unpaired) electrons. The van der Waals surface area contributed by atoms with Gasteiger partial charge in [-0.3, -0.25) is 9.59 Å². The van der Waals surface area contributed by atoms with Crippen molar-refractivity contribution in [2.45, 2.75) is 48.6 Å². The lowest BCUT2D eigenvalue weighted by molar-refractivity contribution is -0.125. The maximum absolute atomic E-state index is 12.7. The normalized spacial score (nSPS) is 15.9. The first-order valence-electron chi connectivity index (χ1n) is 10.3. The van der Waals surface area contributed by atoms with Crippen molar-refractivity contribution in [2.24, 2.45) is 0 Å². The summed E-state index contributed by atoms with van der Waals surface area (Å²) in [5.74, 6) is -0.287. The van der Waals surface area contributed by atoms with Crippen molar-refractivity contribution in [3.05, 3.63) is 54.2 Å². The number of aromatic nitrogens is 1. The number of benzene rings is 1. The highest BCUT2D eigenvalue weighted by atomic mass is 32.2. The molecule has 31 heavy (non-hydrogen) atoms. The number of ketones is 1. The smallest absolute Gasteiger partial charge is 0.244 e. The average molecular weight is 462 g/mol. The molecule has 7 nitrogen and oxygen atoms in total. The lowest BCUT2D eigenvalue weighted by Crippen LogP contribution is -2.42. The Morgan fingerprint density at radius 3 is 2.42 bits per heavy atom. The summed E-state index contributed by atoms with van der Waals surface area (Å²) in [5.41, 5.74) is 0.975. The van der Waals surface area contributed by atoms with Crippen LogP contribution < -0.4 is 5.32 Å². The van der Waals surface area contributed by atoms with Gasteiger partial charge in [-0.25, -0.2) is 13.4 Å². The van der Waals surface area contributed by atoms with Crippen LogP contribution >= 0.6 is 11.8 Å². The second-order valence-corrected chi connectivity index (χ2v) is 10.4. The highest BCUT2D eigenvalue weighted by Crippen LogP contribution is 2.22. The molecule has 1 aromatic heterocycles. The number of rotatable bonds is 9. The van der Waals surface area contributed by atoms with Crippen LogP contribution in [0.4, 0.5) is 0 Å². The number of hydrogen-bond donors (Lipinski definition) is 1. The summed E-state index contributed by atoms with van der Waals surface area (Å²) in [6, 6.07) is 12.1. The van der Waals surface area contributed by atoms with Gasteiger partial charge in [0, 0.05) is 19.3 Å². The van der Waals surface area contributed by atoms with Crippen molar-refractivity contribution in [3.8, 4) is 0 Å². The zero-order valence-corrected chi connectivity index (χ0v) is 19.1. The molecule has 0 spiro atoms. The van der Waals surface area contributed by atoms with Gasteiger partial charge >= 0.3 is 0 Å². The molecule has 0 bridgehead atoms. The third-order valence-corrected chi connectivity index (χ3v) is 7.95. The topological polar surface area (TPSA) is 96.4 Å². The first kappa shape index (κ1) is 23.4. The van der Waals surface area contributed by atoms with Crippen molar-refractivity contribution in [1.82, 2.24) is 14.6 Å². The van der Waals surface area contributed by atoms with Crippen molar-refractivity contribution in [1.29, 1.82) is 0 Å². The monoisotopic (exact) mass is 461 g/mol. The Hall–Kier alpha value is -2.23. The number of carbonyl (C=O) groups excluding carboxylic acids is 2. The zero-order chi connectivity index (χ0) is 22.3. The third kappa shape index (κ3) is 6.62. The summed E-state index contributed by atoms with van der Waals surface area (Å²) in [6.07, 6.45) is 4.59. The standard InChI is InChI=1S/C22H27N3O4S2/c1-17(26)20(14-18-8-4-2-5-9-18)24-21(27)16-30-22-11-10-19(15-23-22)31(28,29)25-12-6-3-7-13-25/h2,4-5,8-11,15,20H,3,6-7,12-14,16H2,1H3,(H,24,27). The predicted octanol–water partition coefficient (Wildman–Crippen LogP) is 2.66. The summed E-state index contributed by atoms with van der Waals surface area (Å²) >= 11 is 1.20. The minimum absolute atomic E-state index is 0.0871. The Morgan fingerprint density at radius 2 is 1.81 bits per heavy atom. The molecular formula is C22H27N3O4S2. The fraction of sp³-hybridized carbons (Fsp3) is 0.409. The van der Waals surface area contributed by atoms with Gasteiger partial charge in [-0.15, -0.1) is 0 Å². The van der Waals surface area contributed by atoms with Crippen molar-refractivity contribution < 1.29 is 18.0 Å². The van der Waals surface area contributed by atoms with Gasteiger partial charge in [-0.05, 0) is 43.9 Å². The number of thioether (sulfide) groups is 1.